The molecule has 3 N–H and O–H groups in total. The Bertz CT molecular complexity index is 979. The van der Waals surface area contributed by atoms with Gasteiger partial charge in [0, 0.05) is 25.7 Å². The smallest absolute Gasteiger partial charge is 0.215 e. The second-order valence-electron chi connectivity index (χ2n) is 7.51. The predicted octanol–water partition coefficient (Wildman–Crippen LogP) is 3.70. The van der Waals surface area contributed by atoms with Crippen LogP contribution in [0.3, 0.4) is 0 Å². The number of rotatable bonds is 10. The molecule has 0 bridgehead atoms. The second kappa shape index (κ2) is 13.6. The average Bonchev–Trinajstić information content (AvgIpc) is 2.75. The number of aliphatic imine (C=N–C) groups is 1. The van der Waals surface area contributed by atoms with Crippen LogP contribution in [0.15, 0.2) is 47.5 Å². The molecule has 0 amide bonds. The minimum atomic E-state index is -3.27. The van der Waals surface area contributed by atoms with Crippen LogP contribution in [-0.4, -0.2) is 34.6 Å². The van der Waals surface area contributed by atoms with E-state index in [0.717, 1.165) is 34.4 Å². The van der Waals surface area contributed by atoms with Crippen LogP contribution in [0, 0.1) is 6.92 Å². The maximum absolute atomic E-state index is 11.7. The molecule has 0 radical (unpaired) electrons. The third-order valence-corrected chi connectivity index (χ3v) is 6.28. The van der Waals surface area contributed by atoms with E-state index in [4.69, 9.17) is 4.74 Å². The Kier molecular flexibility index (Phi) is 12.0. The van der Waals surface area contributed by atoms with Crippen LogP contribution >= 0.6 is 24.0 Å². The third-order valence-electron chi connectivity index (χ3n) is 4.95. The lowest BCUT2D eigenvalue weighted by atomic mass is 10.1. The quantitative estimate of drug-likeness (QED) is 0.229. The van der Waals surface area contributed by atoms with Gasteiger partial charge >= 0.3 is 0 Å². The highest BCUT2D eigenvalue weighted by atomic mass is 127. The summed E-state index contributed by atoms with van der Waals surface area (Å²) in [6.45, 7) is 7.39. The number of halogens is 1. The van der Waals surface area contributed by atoms with Gasteiger partial charge in [0.1, 0.15) is 5.75 Å². The standard InChI is InChI=1S/C23H34N4O3S.HI/c1-6-18(3)30-22-13-17(2)7-12-21(22)15-27-23(24-4)26-14-19-8-10-20(11-9-19)16-31(28,29)25-5;/h7-13,18,25H,6,14-16H2,1-5H3,(H2,24,26,27);1H. The Hall–Kier alpha value is -1.85. The van der Waals surface area contributed by atoms with Crippen LogP contribution in [0.4, 0.5) is 0 Å². The van der Waals surface area contributed by atoms with Crippen molar-refractivity contribution in [3.05, 3.63) is 64.7 Å². The van der Waals surface area contributed by atoms with Crippen molar-refractivity contribution in [3.8, 4) is 5.75 Å². The molecule has 0 saturated heterocycles. The summed E-state index contributed by atoms with van der Waals surface area (Å²) in [5.41, 5.74) is 4.01. The molecular formula is C23H35IN4O3S. The molecule has 178 valence electrons. The Morgan fingerprint density at radius 3 is 2.28 bits per heavy atom. The molecule has 2 rings (SSSR count). The number of sulfonamides is 1. The van der Waals surface area contributed by atoms with E-state index in [-0.39, 0.29) is 35.8 Å². The molecule has 9 heteroatoms. The Labute approximate surface area is 209 Å². The van der Waals surface area contributed by atoms with Gasteiger partial charge in [0.05, 0.1) is 11.9 Å². The molecule has 1 atom stereocenters. The van der Waals surface area contributed by atoms with Gasteiger partial charge < -0.3 is 15.4 Å². The van der Waals surface area contributed by atoms with E-state index in [1.165, 1.54) is 7.05 Å². The Balaban J connectivity index is 0.00000512. The van der Waals surface area contributed by atoms with E-state index in [0.29, 0.717) is 19.0 Å². The van der Waals surface area contributed by atoms with Gasteiger partial charge in [-0.3, -0.25) is 4.99 Å². The van der Waals surface area contributed by atoms with E-state index < -0.39 is 10.0 Å². The normalized spacial score (nSPS) is 12.6. The van der Waals surface area contributed by atoms with Gasteiger partial charge in [-0.05, 0) is 50.1 Å². The van der Waals surface area contributed by atoms with E-state index in [1.807, 2.05) is 24.3 Å². The van der Waals surface area contributed by atoms with Crippen LogP contribution in [0.25, 0.3) is 0 Å². The minimum absolute atomic E-state index is 0. The lowest BCUT2D eigenvalue weighted by Crippen LogP contribution is -2.36. The molecule has 0 aromatic heterocycles. The number of guanidine groups is 1. The van der Waals surface area contributed by atoms with E-state index in [1.54, 1.807) is 7.05 Å². The summed E-state index contributed by atoms with van der Waals surface area (Å²) in [4.78, 5) is 4.29. The minimum Gasteiger partial charge on any atom is -0.490 e. The first-order valence-electron chi connectivity index (χ1n) is 10.5. The Morgan fingerprint density at radius 2 is 1.69 bits per heavy atom. The zero-order valence-corrected chi connectivity index (χ0v) is 22.6. The van der Waals surface area contributed by atoms with Gasteiger partial charge in [0.15, 0.2) is 5.96 Å². The first-order valence-corrected chi connectivity index (χ1v) is 12.1. The molecule has 0 aliphatic heterocycles. The van der Waals surface area contributed by atoms with Crippen LogP contribution in [0.5, 0.6) is 5.75 Å². The topological polar surface area (TPSA) is 91.8 Å². The zero-order valence-electron chi connectivity index (χ0n) is 19.4. The fourth-order valence-corrected chi connectivity index (χ4v) is 3.62. The molecule has 1 unspecified atom stereocenters. The molecule has 7 nitrogen and oxygen atoms in total. The average molecular weight is 575 g/mol. The monoisotopic (exact) mass is 574 g/mol. The van der Waals surface area contributed by atoms with Gasteiger partial charge in [-0.15, -0.1) is 24.0 Å². The van der Waals surface area contributed by atoms with Crippen LogP contribution in [0.2, 0.25) is 0 Å². The van der Waals surface area contributed by atoms with Crippen molar-refractivity contribution < 1.29 is 13.2 Å². The van der Waals surface area contributed by atoms with Gasteiger partial charge in [0.25, 0.3) is 0 Å². The molecule has 0 saturated carbocycles. The van der Waals surface area contributed by atoms with E-state index >= 15 is 0 Å². The van der Waals surface area contributed by atoms with Gasteiger partial charge in [0.2, 0.25) is 10.0 Å². The van der Waals surface area contributed by atoms with Crippen LogP contribution in [-0.2, 0) is 28.9 Å². The summed E-state index contributed by atoms with van der Waals surface area (Å²) in [5.74, 6) is 1.54. The molecule has 2 aromatic carbocycles. The highest BCUT2D eigenvalue weighted by Crippen LogP contribution is 2.22. The summed E-state index contributed by atoms with van der Waals surface area (Å²) in [6.07, 6.45) is 1.10. The number of nitrogens with one attached hydrogen (secondary N) is 3. The molecular weight excluding hydrogens is 539 g/mol. The Morgan fingerprint density at radius 1 is 1.06 bits per heavy atom. The number of aryl methyl sites for hydroxylation is 1. The first kappa shape index (κ1) is 28.2. The summed E-state index contributed by atoms with van der Waals surface area (Å²) in [6, 6.07) is 13.7. The van der Waals surface area contributed by atoms with Crippen molar-refractivity contribution in [2.45, 2.75) is 52.1 Å². The molecule has 0 aliphatic carbocycles. The van der Waals surface area contributed by atoms with Crippen molar-refractivity contribution >= 4 is 40.0 Å². The van der Waals surface area contributed by atoms with Gasteiger partial charge in [-0.2, -0.15) is 0 Å². The van der Waals surface area contributed by atoms with Crippen molar-refractivity contribution in [3.63, 3.8) is 0 Å². The summed E-state index contributed by atoms with van der Waals surface area (Å²) < 4.78 is 31.7. The fourth-order valence-electron chi connectivity index (χ4n) is 2.85. The maximum atomic E-state index is 11.7. The number of nitrogens with zero attached hydrogens (tertiary/aromatic N) is 1. The van der Waals surface area contributed by atoms with Gasteiger partial charge in [-0.25, -0.2) is 13.1 Å². The lowest BCUT2D eigenvalue weighted by Gasteiger charge is -2.18. The summed E-state index contributed by atoms with van der Waals surface area (Å²) in [5, 5.41) is 6.61. The van der Waals surface area contributed by atoms with Crippen molar-refractivity contribution in [2.75, 3.05) is 14.1 Å². The van der Waals surface area contributed by atoms with Crippen molar-refractivity contribution in [1.29, 1.82) is 0 Å². The number of hydrogen-bond acceptors (Lipinski definition) is 4. The molecule has 32 heavy (non-hydrogen) atoms. The SMILES string of the molecule is CCC(C)Oc1cc(C)ccc1CNC(=NC)NCc1ccc(CS(=O)(=O)NC)cc1.I. The second-order valence-corrected chi connectivity index (χ2v) is 9.43. The third kappa shape index (κ3) is 9.33. The number of ether oxygens (including phenoxy) is 1. The number of benzene rings is 2. The molecule has 0 heterocycles. The van der Waals surface area contributed by atoms with E-state index in [2.05, 4.69) is 59.3 Å². The van der Waals surface area contributed by atoms with Crippen LogP contribution < -0.4 is 20.1 Å². The number of hydrogen-bond donors (Lipinski definition) is 3. The van der Waals surface area contributed by atoms with Gasteiger partial charge in [-0.1, -0.05) is 43.3 Å². The fraction of sp³-hybridized carbons (Fsp3) is 0.435. The van der Waals surface area contributed by atoms with Crippen LogP contribution in [0.1, 0.15) is 42.5 Å². The lowest BCUT2D eigenvalue weighted by molar-refractivity contribution is 0.215. The first-order chi connectivity index (χ1) is 14.8. The highest BCUT2D eigenvalue weighted by Gasteiger charge is 2.10. The predicted molar refractivity (Wildman–Crippen MR) is 142 cm³/mol. The zero-order chi connectivity index (χ0) is 22.9. The summed E-state index contributed by atoms with van der Waals surface area (Å²) in [7, 11) is -0.122. The van der Waals surface area contributed by atoms with Crippen molar-refractivity contribution in [2.24, 2.45) is 4.99 Å². The molecule has 0 spiro atoms. The largest absolute Gasteiger partial charge is 0.490 e. The highest BCUT2D eigenvalue weighted by molar-refractivity contribution is 14.0. The maximum Gasteiger partial charge on any atom is 0.215 e. The van der Waals surface area contributed by atoms with E-state index in [9.17, 15) is 8.42 Å². The van der Waals surface area contributed by atoms with Crippen molar-refractivity contribution in [1.82, 2.24) is 15.4 Å². The molecule has 0 fully saturated rings. The molecule has 0 aliphatic rings. The summed E-state index contributed by atoms with van der Waals surface area (Å²) >= 11 is 0. The molecule has 2 aromatic rings.